The van der Waals surface area contributed by atoms with Gasteiger partial charge in [0.05, 0.1) is 0 Å². The first-order valence-electron chi connectivity index (χ1n) is 7.11. The summed E-state index contributed by atoms with van der Waals surface area (Å²) in [5.74, 6) is 0. The topological polar surface area (TPSA) is 19.0 Å². The first-order valence-corrected chi connectivity index (χ1v) is 7.11. The number of hydrogen-bond acceptors (Lipinski definition) is 1. The standard InChI is InChI=1S/C16H22N2/c1-3-18-10-5-8-15-13(9-11-18)14-7-4-6-12(2)16(14)17-15/h4,6-7,17H,3,5,8-11H2,1-2H3. The van der Waals surface area contributed by atoms with E-state index in [0.717, 1.165) is 0 Å². The summed E-state index contributed by atoms with van der Waals surface area (Å²) in [6.07, 6.45) is 3.65. The number of aromatic amines is 1. The van der Waals surface area contributed by atoms with Crippen LogP contribution in [0.2, 0.25) is 0 Å². The molecule has 0 bridgehead atoms. The van der Waals surface area contributed by atoms with Gasteiger partial charge < -0.3 is 9.88 Å². The monoisotopic (exact) mass is 242 g/mol. The van der Waals surface area contributed by atoms with Crippen molar-refractivity contribution in [3.8, 4) is 0 Å². The molecule has 0 radical (unpaired) electrons. The average molecular weight is 242 g/mol. The molecule has 3 rings (SSSR count). The predicted octanol–water partition coefficient (Wildman–Crippen LogP) is 3.29. The van der Waals surface area contributed by atoms with Crippen LogP contribution in [-0.2, 0) is 12.8 Å². The number of aromatic nitrogens is 1. The Bertz CT molecular complexity index is 553. The highest BCUT2D eigenvalue weighted by Crippen LogP contribution is 2.27. The van der Waals surface area contributed by atoms with Crippen LogP contribution in [0.25, 0.3) is 10.9 Å². The zero-order valence-corrected chi connectivity index (χ0v) is 11.4. The quantitative estimate of drug-likeness (QED) is 0.813. The Morgan fingerprint density at radius 2 is 2.11 bits per heavy atom. The molecule has 1 aromatic heterocycles. The first-order chi connectivity index (χ1) is 8.79. The fourth-order valence-corrected chi connectivity index (χ4v) is 3.15. The molecule has 0 fully saturated rings. The van der Waals surface area contributed by atoms with Gasteiger partial charge in [0.15, 0.2) is 0 Å². The number of para-hydroxylation sites is 1. The lowest BCUT2D eigenvalue weighted by Crippen LogP contribution is -2.29. The van der Waals surface area contributed by atoms with Gasteiger partial charge in [0.1, 0.15) is 0 Å². The molecule has 0 saturated carbocycles. The van der Waals surface area contributed by atoms with E-state index in [4.69, 9.17) is 0 Å². The Labute approximate surface area is 109 Å². The molecule has 2 aromatic rings. The average Bonchev–Trinajstić information content (AvgIpc) is 2.68. The number of hydrogen-bond donors (Lipinski definition) is 1. The zero-order chi connectivity index (χ0) is 12.5. The summed E-state index contributed by atoms with van der Waals surface area (Å²) in [5, 5.41) is 1.45. The molecular weight excluding hydrogens is 220 g/mol. The highest BCUT2D eigenvalue weighted by Gasteiger charge is 2.16. The van der Waals surface area contributed by atoms with Crippen molar-refractivity contribution in [3.63, 3.8) is 0 Å². The Kier molecular flexibility index (Phi) is 3.13. The van der Waals surface area contributed by atoms with Crippen LogP contribution >= 0.6 is 0 Å². The second-order valence-electron chi connectivity index (χ2n) is 5.37. The number of nitrogens with one attached hydrogen (secondary N) is 1. The summed E-state index contributed by atoms with van der Waals surface area (Å²) in [5.41, 5.74) is 5.76. The maximum absolute atomic E-state index is 3.67. The van der Waals surface area contributed by atoms with E-state index in [1.807, 2.05) is 0 Å². The lowest BCUT2D eigenvalue weighted by molar-refractivity contribution is 0.283. The van der Waals surface area contributed by atoms with E-state index >= 15 is 0 Å². The minimum absolute atomic E-state index is 1.18. The van der Waals surface area contributed by atoms with Crippen molar-refractivity contribution < 1.29 is 0 Å². The molecule has 1 aromatic carbocycles. The van der Waals surface area contributed by atoms with Gasteiger partial charge in [-0.05, 0) is 50.4 Å². The van der Waals surface area contributed by atoms with Gasteiger partial charge in [-0.2, -0.15) is 0 Å². The number of fused-ring (bicyclic) bond motifs is 3. The molecule has 2 nitrogen and oxygen atoms in total. The van der Waals surface area contributed by atoms with Crippen molar-refractivity contribution >= 4 is 10.9 Å². The normalized spacial score (nSPS) is 17.4. The van der Waals surface area contributed by atoms with Gasteiger partial charge in [-0.3, -0.25) is 0 Å². The highest BCUT2D eigenvalue weighted by atomic mass is 15.1. The summed E-state index contributed by atoms with van der Waals surface area (Å²) in [6, 6.07) is 6.65. The number of aryl methyl sites for hydroxylation is 2. The van der Waals surface area contributed by atoms with E-state index in [1.54, 1.807) is 5.56 Å². The second-order valence-corrected chi connectivity index (χ2v) is 5.37. The van der Waals surface area contributed by atoms with Gasteiger partial charge in [-0.1, -0.05) is 25.1 Å². The molecule has 18 heavy (non-hydrogen) atoms. The van der Waals surface area contributed by atoms with Crippen LogP contribution in [0.1, 0.15) is 30.2 Å². The van der Waals surface area contributed by atoms with E-state index in [9.17, 15) is 0 Å². The minimum atomic E-state index is 1.18. The van der Waals surface area contributed by atoms with Crippen LogP contribution < -0.4 is 0 Å². The molecule has 2 heteroatoms. The molecule has 0 atom stereocenters. The fraction of sp³-hybridized carbons (Fsp3) is 0.500. The van der Waals surface area contributed by atoms with Crippen molar-refractivity contribution in [2.24, 2.45) is 0 Å². The third-order valence-corrected chi connectivity index (χ3v) is 4.26. The number of benzene rings is 1. The van der Waals surface area contributed by atoms with E-state index in [2.05, 4.69) is 41.9 Å². The second kappa shape index (κ2) is 4.77. The molecule has 1 aliphatic rings. The SMILES string of the molecule is CCN1CCCc2[nH]c3c(C)cccc3c2CC1. The van der Waals surface area contributed by atoms with Gasteiger partial charge in [0.2, 0.25) is 0 Å². The first kappa shape index (κ1) is 11.8. The third kappa shape index (κ3) is 1.95. The van der Waals surface area contributed by atoms with Gasteiger partial charge in [-0.15, -0.1) is 0 Å². The summed E-state index contributed by atoms with van der Waals surface area (Å²) < 4.78 is 0. The molecule has 1 N–H and O–H groups in total. The van der Waals surface area contributed by atoms with Crippen LogP contribution in [0, 0.1) is 6.92 Å². The Morgan fingerprint density at radius 1 is 1.22 bits per heavy atom. The number of nitrogens with zero attached hydrogens (tertiary/aromatic N) is 1. The molecule has 0 unspecified atom stereocenters. The number of H-pyrrole nitrogens is 1. The zero-order valence-electron chi connectivity index (χ0n) is 11.4. The maximum Gasteiger partial charge on any atom is 0.0488 e. The Balaban J connectivity index is 2.05. The van der Waals surface area contributed by atoms with Gasteiger partial charge in [-0.25, -0.2) is 0 Å². The summed E-state index contributed by atoms with van der Waals surface area (Å²) in [7, 11) is 0. The van der Waals surface area contributed by atoms with Crippen molar-refractivity contribution in [1.82, 2.24) is 9.88 Å². The third-order valence-electron chi connectivity index (χ3n) is 4.26. The van der Waals surface area contributed by atoms with Crippen LogP contribution in [-0.4, -0.2) is 29.5 Å². The summed E-state index contributed by atoms with van der Waals surface area (Å²) in [6.45, 7) is 8.08. The smallest absolute Gasteiger partial charge is 0.0488 e. The lowest BCUT2D eigenvalue weighted by atomic mass is 10.0. The van der Waals surface area contributed by atoms with E-state index < -0.39 is 0 Å². The van der Waals surface area contributed by atoms with Crippen LogP contribution in [0.4, 0.5) is 0 Å². The minimum Gasteiger partial charge on any atom is -0.358 e. The largest absolute Gasteiger partial charge is 0.358 e. The molecule has 2 heterocycles. The van der Waals surface area contributed by atoms with Gasteiger partial charge in [0.25, 0.3) is 0 Å². The molecule has 0 aliphatic carbocycles. The van der Waals surface area contributed by atoms with E-state index in [1.165, 1.54) is 61.1 Å². The molecule has 0 saturated heterocycles. The Hall–Kier alpha value is -1.28. The van der Waals surface area contributed by atoms with Crippen molar-refractivity contribution in [1.29, 1.82) is 0 Å². The predicted molar refractivity (Wildman–Crippen MR) is 77.2 cm³/mol. The van der Waals surface area contributed by atoms with Crippen molar-refractivity contribution in [2.75, 3.05) is 19.6 Å². The van der Waals surface area contributed by atoms with Crippen molar-refractivity contribution in [2.45, 2.75) is 33.1 Å². The molecule has 96 valence electrons. The van der Waals surface area contributed by atoms with Crippen molar-refractivity contribution in [3.05, 3.63) is 35.0 Å². The number of rotatable bonds is 1. The molecule has 0 amide bonds. The molecule has 0 spiro atoms. The van der Waals surface area contributed by atoms with E-state index in [-0.39, 0.29) is 0 Å². The van der Waals surface area contributed by atoms with Gasteiger partial charge in [0, 0.05) is 23.1 Å². The lowest BCUT2D eigenvalue weighted by Gasteiger charge is -2.22. The molecule has 1 aliphatic heterocycles. The van der Waals surface area contributed by atoms with Crippen LogP contribution in [0.15, 0.2) is 18.2 Å². The summed E-state index contributed by atoms with van der Waals surface area (Å²) in [4.78, 5) is 6.23. The number of likely N-dealkylation sites (N-methyl/N-ethyl adjacent to an activating group) is 1. The maximum atomic E-state index is 3.67. The van der Waals surface area contributed by atoms with Crippen LogP contribution in [0.5, 0.6) is 0 Å². The van der Waals surface area contributed by atoms with Gasteiger partial charge >= 0.3 is 0 Å². The van der Waals surface area contributed by atoms with Crippen LogP contribution in [0.3, 0.4) is 0 Å². The summed E-state index contributed by atoms with van der Waals surface area (Å²) >= 11 is 0. The van der Waals surface area contributed by atoms with E-state index in [0.29, 0.717) is 0 Å². The Morgan fingerprint density at radius 3 is 2.94 bits per heavy atom. The fourth-order valence-electron chi connectivity index (χ4n) is 3.15. The molecular formula is C16H22N2. The highest BCUT2D eigenvalue weighted by molar-refractivity contribution is 5.87.